The Hall–Kier alpha value is -1.67. The smallest absolute Gasteiger partial charge is 0.0704 e. The number of halogens is 1. The van der Waals surface area contributed by atoms with E-state index in [0.717, 1.165) is 18.4 Å². The third-order valence-electron chi connectivity index (χ3n) is 3.80. The molecule has 1 heterocycles. The van der Waals surface area contributed by atoms with Gasteiger partial charge in [-0.3, -0.25) is 4.98 Å². The van der Waals surface area contributed by atoms with Gasteiger partial charge in [-0.05, 0) is 42.5 Å². The van der Waals surface area contributed by atoms with Crippen LogP contribution in [0.4, 0.5) is 0 Å². The van der Waals surface area contributed by atoms with Crippen LogP contribution in [-0.2, 0) is 6.42 Å². The van der Waals surface area contributed by atoms with E-state index in [2.05, 4.69) is 75.5 Å². The third-order valence-corrected chi connectivity index (χ3v) is 4.79. The molecule has 3 rings (SSSR count). The molecule has 0 N–H and O–H groups in total. The summed E-state index contributed by atoms with van der Waals surface area (Å²) in [5, 5.41) is 1.28. The van der Waals surface area contributed by atoms with Crippen molar-refractivity contribution < 1.29 is 0 Å². The first-order chi connectivity index (χ1) is 10.3. The molecule has 0 saturated heterocycles. The lowest BCUT2D eigenvalue weighted by atomic mass is 10.0. The minimum atomic E-state index is 0.437. The Bertz CT molecular complexity index is 704. The van der Waals surface area contributed by atoms with E-state index in [1.54, 1.807) is 0 Å². The number of hydrogen-bond donors (Lipinski definition) is 0. The van der Waals surface area contributed by atoms with Gasteiger partial charge in [-0.15, -0.1) is 0 Å². The molecule has 2 heteroatoms. The van der Waals surface area contributed by atoms with E-state index in [9.17, 15) is 0 Å². The molecule has 0 aliphatic rings. The largest absolute Gasteiger partial charge is 0.256 e. The van der Waals surface area contributed by atoms with E-state index in [1.165, 1.54) is 22.9 Å². The van der Waals surface area contributed by atoms with Gasteiger partial charge in [-0.1, -0.05) is 64.5 Å². The summed E-state index contributed by atoms with van der Waals surface area (Å²) in [6, 6.07) is 21.1. The van der Waals surface area contributed by atoms with Crippen LogP contribution in [0.1, 0.15) is 28.8 Å². The number of alkyl halides is 1. The van der Waals surface area contributed by atoms with Gasteiger partial charge in [0.2, 0.25) is 0 Å². The summed E-state index contributed by atoms with van der Waals surface area (Å²) < 4.78 is 0. The molecule has 0 radical (unpaired) electrons. The summed E-state index contributed by atoms with van der Waals surface area (Å²) >= 11 is 3.80. The first kappa shape index (κ1) is 14.3. The molecule has 1 nitrogen and oxygen atoms in total. The van der Waals surface area contributed by atoms with Crippen molar-refractivity contribution in [3.8, 4) is 0 Å². The number of hydrogen-bond acceptors (Lipinski definition) is 1. The summed E-state index contributed by atoms with van der Waals surface area (Å²) in [5.41, 5.74) is 3.85. The van der Waals surface area contributed by atoms with Crippen LogP contribution in [0, 0.1) is 0 Å². The van der Waals surface area contributed by atoms with E-state index >= 15 is 0 Å². The fraction of sp³-hybridized carbons (Fsp3) is 0.211. The zero-order chi connectivity index (χ0) is 14.5. The van der Waals surface area contributed by atoms with Crippen molar-refractivity contribution in [2.45, 2.75) is 24.1 Å². The maximum atomic E-state index is 4.42. The van der Waals surface area contributed by atoms with Crippen LogP contribution < -0.4 is 0 Å². The van der Waals surface area contributed by atoms with Crippen molar-refractivity contribution in [2.75, 3.05) is 0 Å². The quantitative estimate of drug-likeness (QED) is 0.544. The van der Waals surface area contributed by atoms with Crippen LogP contribution in [0.5, 0.6) is 0 Å². The van der Waals surface area contributed by atoms with Gasteiger partial charge in [-0.25, -0.2) is 0 Å². The Morgan fingerprint density at radius 1 is 0.905 bits per heavy atom. The fourth-order valence-corrected chi connectivity index (χ4v) is 3.30. The summed E-state index contributed by atoms with van der Waals surface area (Å²) in [6.45, 7) is 0. The van der Waals surface area contributed by atoms with E-state index < -0.39 is 0 Å². The topological polar surface area (TPSA) is 12.9 Å². The van der Waals surface area contributed by atoms with Crippen LogP contribution in [0.25, 0.3) is 10.9 Å². The zero-order valence-electron chi connectivity index (χ0n) is 11.9. The maximum Gasteiger partial charge on any atom is 0.0704 e. The lowest BCUT2D eigenvalue weighted by Gasteiger charge is -2.11. The Morgan fingerprint density at radius 2 is 1.67 bits per heavy atom. The zero-order valence-corrected chi connectivity index (χ0v) is 13.5. The second-order valence-electron chi connectivity index (χ2n) is 5.26. The second kappa shape index (κ2) is 6.86. The van der Waals surface area contributed by atoms with Crippen molar-refractivity contribution in [3.05, 3.63) is 78.0 Å². The number of aryl methyl sites for hydroxylation is 1. The minimum Gasteiger partial charge on any atom is -0.256 e. The molecule has 0 aliphatic heterocycles. The van der Waals surface area contributed by atoms with Crippen LogP contribution >= 0.6 is 15.9 Å². The molecule has 0 spiro atoms. The second-order valence-corrected chi connectivity index (χ2v) is 6.36. The average molecular weight is 340 g/mol. The lowest BCUT2D eigenvalue weighted by molar-refractivity contribution is 0.732. The van der Waals surface area contributed by atoms with Gasteiger partial charge >= 0.3 is 0 Å². The van der Waals surface area contributed by atoms with Crippen molar-refractivity contribution in [3.63, 3.8) is 0 Å². The molecule has 1 atom stereocenters. The highest BCUT2D eigenvalue weighted by Gasteiger charge is 2.07. The summed E-state index contributed by atoms with van der Waals surface area (Å²) in [4.78, 5) is 4.86. The van der Waals surface area contributed by atoms with Crippen molar-refractivity contribution >= 4 is 26.8 Å². The molecule has 0 saturated carbocycles. The Balaban J connectivity index is 1.65. The molecule has 3 aromatic rings. The van der Waals surface area contributed by atoms with E-state index in [1.807, 2.05) is 12.3 Å². The predicted molar refractivity (Wildman–Crippen MR) is 92.8 cm³/mol. The summed E-state index contributed by atoms with van der Waals surface area (Å²) in [7, 11) is 0. The summed E-state index contributed by atoms with van der Waals surface area (Å²) in [5.74, 6) is 0. The first-order valence-corrected chi connectivity index (χ1v) is 8.28. The normalized spacial score (nSPS) is 12.4. The fourth-order valence-electron chi connectivity index (χ4n) is 2.67. The molecule has 1 unspecified atom stereocenters. The molecule has 2 aromatic carbocycles. The lowest BCUT2D eigenvalue weighted by Crippen LogP contribution is -1.94. The van der Waals surface area contributed by atoms with Crippen molar-refractivity contribution in [2.24, 2.45) is 0 Å². The van der Waals surface area contributed by atoms with Crippen LogP contribution in [0.3, 0.4) is 0 Å². The van der Waals surface area contributed by atoms with E-state index in [-0.39, 0.29) is 0 Å². The van der Waals surface area contributed by atoms with E-state index in [0.29, 0.717) is 4.83 Å². The monoisotopic (exact) mass is 339 g/mol. The molecule has 0 bridgehead atoms. The van der Waals surface area contributed by atoms with Crippen LogP contribution in [0.2, 0.25) is 0 Å². The molecule has 21 heavy (non-hydrogen) atoms. The molecule has 0 amide bonds. The van der Waals surface area contributed by atoms with Crippen LogP contribution in [0.15, 0.2) is 66.9 Å². The first-order valence-electron chi connectivity index (χ1n) is 7.36. The number of fused-ring (bicyclic) bond motifs is 1. The Morgan fingerprint density at radius 3 is 2.52 bits per heavy atom. The number of pyridine rings is 1. The highest BCUT2D eigenvalue weighted by molar-refractivity contribution is 9.09. The van der Waals surface area contributed by atoms with Gasteiger partial charge in [0.1, 0.15) is 0 Å². The highest BCUT2D eigenvalue weighted by Crippen LogP contribution is 2.28. The van der Waals surface area contributed by atoms with Gasteiger partial charge in [0.05, 0.1) is 5.52 Å². The molecule has 1 aromatic heterocycles. The van der Waals surface area contributed by atoms with Crippen molar-refractivity contribution in [1.82, 2.24) is 4.98 Å². The number of nitrogens with zero attached hydrogens (tertiary/aromatic N) is 1. The van der Waals surface area contributed by atoms with Gasteiger partial charge in [0.25, 0.3) is 0 Å². The molecule has 0 aliphatic carbocycles. The minimum absolute atomic E-state index is 0.437. The average Bonchev–Trinajstić information content (AvgIpc) is 2.56. The molecule has 0 fully saturated rings. The molecular weight excluding hydrogens is 322 g/mol. The SMILES string of the molecule is BrC(CCCc1ccnc2ccccc12)c1ccccc1. The number of rotatable bonds is 5. The Labute approximate surface area is 134 Å². The molecule has 106 valence electrons. The Kier molecular flexibility index (Phi) is 4.66. The van der Waals surface area contributed by atoms with Gasteiger partial charge in [0, 0.05) is 16.4 Å². The predicted octanol–water partition coefficient (Wildman–Crippen LogP) is 5.69. The van der Waals surface area contributed by atoms with Gasteiger partial charge in [0.15, 0.2) is 0 Å². The van der Waals surface area contributed by atoms with Gasteiger partial charge < -0.3 is 0 Å². The third kappa shape index (κ3) is 3.51. The van der Waals surface area contributed by atoms with Gasteiger partial charge in [-0.2, -0.15) is 0 Å². The van der Waals surface area contributed by atoms with Crippen LogP contribution in [-0.4, -0.2) is 4.98 Å². The highest BCUT2D eigenvalue weighted by atomic mass is 79.9. The maximum absolute atomic E-state index is 4.42. The van der Waals surface area contributed by atoms with E-state index in [4.69, 9.17) is 0 Å². The summed E-state index contributed by atoms with van der Waals surface area (Å²) in [6.07, 6.45) is 5.32. The van der Waals surface area contributed by atoms with Crippen molar-refractivity contribution in [1.29, 1.82) is 0 Å². The number of aromatic nitrogens is 1. The number of para-hydroxylation sites is 1. The number of benzene rings is 2. The molecular formula is C19H18BrN. The standard InChI is InChI=1S/C19H18BrN/c20-18(16-7-2-1-3-8-16)11-6-9-15-13-14-21-19-12-5-4-10-17(15)19/h1-5,7-8,10,12-14,18H,6,9,11H2.